The summed E-state index contributed by atoms with van der Waals surface area (Å²) in [6.07, 6.45) is 4.15. The predicted octanol–water partition coefficient (Wildman–Crippen LogP) is 4.30. The van der Waals surface area contributed by atoms with Gasteiger partial charge in [-0.15, -0.1) is 0 Å². The zero-order valence-electron chi connectivity index (χ0n) is 25.1. The zero-order valence-corrected chi connectivity index (χ0v) is 25.9. The number of nitrogens with one attached hydrogen (secondary N) is 1. The van der Waals surface area contributed by atoms with Crippen molar-refractivity contribution in [3.63, 3.8) is 0 Å². The molecule has 1 saturated heterocycles. The van der Waals surface area contributed by atoms with Crippen LogP contribution in [-0.2, 0) is 27.7 Å². The van der Waals surface area contributed by atoms with Crippen LogP contribution in [0.15, 0.2) is 54.7 Å². The number of carboxylic acid groups (broad SMARTS) is 1. The average molecular weight is 632 g/mol. The van der Waals surface area contributed by atoms with E-state index in [-0.39, 0.29) is 23.4 Å². The van der Waals surface area contributed by atoms with Crippen LogP contribution in [0.4, 0.5) is 16.2 Å². The second-order valence-electron chi connectivity index (χ2n) is 11.5. The van der Waals surface area contributed by atoms with Crippen LogP contribution in [0, 0.1) is 0 Å². The number of hydrogen-bond donors (Lipinski definition) is 2. The van der Waals surface area contributed by atoms with Crippen molar-refractivity contribution < 1.29 is 32.6 Å². The molecule has 2 aromatic heterocycles. The molecule has 4 heterocycles. The number of anilines is 2. The molecule has 1 fully saturated rings. The van der Waals surface area contributed by atoms with E-state index in [2.05, 4.69) is 14.9 Å². The molecule has 45 heavy (non-hydrogen) atoms. The summed E-state index contributed by atoms with van der Waals surface area (Å²) in [5.41, 5.74) is 4.99. The first-order valence-corrected chi connectivity index (χ1v) is 16.4. The number of aromatic amines is 1. The number of carboxylic acids is 1. The van der Waals surface area contributed by atoms with Gasteiger partial charge in [0.25, 0.3) is 0 Å². The van der Waals surface area contributed by atoms with E-state index in [1.54, 1.807) is 25.4 Å². The van der Waals surface area contributed by atoms with Gasteiger partial charge in [0.1, 0.15) is 15.5 Å². The van der Waals surface area contributed by atoms with Gasteiger partial charge in [-0.05, 0) is 61.3 Å². The van der Waals surface area contributed by atoms with Crippen LogP contribution in [0.3, 0.4) is 0 Å². The molecule has 6 rings (SSSR count). The van der Waals surface area contributed by atoms with Gasteiger partial charge in [-0.2, -0.15) is 0 Å². The molecular formula is C32H33N5O7S. The van der Waals surface area contributed by atoms with Crippen molar-refractivity contribution in [2.24, 2.45) is 0 Å². The Bertz CT molecular complexity index is 1910. The maximum absolute atomic E-state index is 13.4. The smallest absolute Gasteiger partial charge is 0.340 e. The normalized spacial score (nSPS) is 16.2. The number of fused-ring (bicyclic) bond motifs is 3. The van der Waals surface area contributed by atoms with Gasteiger partial charge >= 0.3 is 18.0 Å². The fourth-order valence-corrected chi connectivity index (χ4v) is 7.27. The fourth-order valence-electron chi connectivity index (χ4n) is 6.21. The van der Waals surface area contributed by atoms with Gasteiger partial charge in [0, 0.05) is 36.5 Å². The van der Waals surface area contributed by atoms with Crippen LogP contribution < -0.4 is 9.80 Å². The standard InChI is InChI=1S/C32H33N5O7S/c1-35-25-16-33-29-26(24(25)18-37(32(35)41)22-10-8-21(9-11-22)30(38)39)27(31(40)44-2)28(34-29)20-6-4-19(5-7-20)17-36-14-12-23(13-15-36)45(3,42)43/h4-11,16,23H,12-15,17-18H2,1-3H3,(H,33,34)(H,38,39). The van der Waals surface area contributed by atoms with Gasteiger partial charge < -0.3 is 14.8 Å². The summed E-state index contributed by atoms with van der Waals surface area (Å²) in [6, 6.07) is 13.6. The maximum atomic E-state index is 13.4. The summed E-state index contributed by atoms with van der Waals surface area (Å²) in [5, 5.41) is 9.55. The number of nitrogens with zero attached hydrogens (tertiary/aromatic N) is 4. The first-order chi connectivity index (χ1) is 21.5. The van der Waals surface area contributed by atoms with E-state index in [0.717, 1.165) is 11.1 Å². The minimum Gasteiger partial charge on any atom is -0.478 e. The highest BCUT2D eigenvalue weighted by atomic mass is 32.2. The Morgan fingerprint density at radius 3 is 2.33 bits per heavy atom. The molecule has 2 N–H and O–H groups in total. The van der Waals surface area contributed by atoms with Crippen LogP contribution in [-0.4, -0.2) is 85.1 Å². The molecule has 12 nitrogen and oxygen atoms in total. The number of aromatic carboxylic acids is 1. The lowest BCUT2D eigenvalue weighted by atomic mass is 9.99. The second kappa shape index (κ2) is 11.6. The average Bonchev–Trinajstić information content (AvgIpc) is 3.43. The minimum absolute atomic E-state index is 0.106. The Morgan fingerprint density at radius 2 is 1.73 bits per heavy atom. The molecule has 2 aliphatic rings. The number of likely N-dealkylation sites (tertiary alicyclic amines) is 1. The number of methoxy groups -OCH3 is 1. The number of urea groups is 1. The molecule has 234 valence electrons. The summed E-state index contributed by atoms with van der Waals surface area (Å²) >= 11 is 0. The summed E-state index contributed by atoms with van der Waals surface area (Å²) in [5.74, 6) is -1.62. The number of carbonyl (C=O) groups excluding carboxylic acids is 2. The van der Waals surface area contributed by atoms with Crippen LogP contribution >= 0.6 is 0 Å². The summed E-state index contributed by atoms with van der Waals surface area (Å²) in [4.78, 5) is 51.1. The molecule has 2 aromatic carbocycles. The van der Waals surface area contributed by atoms with Gasteiger partial charge in [0.2, 0.25) is 0 Å². The minimum atomic E-state index is -3.03. The van der Waals surface area contributed by atoms with Crippen molar-refractivity contribution in [3.8, 4) is 11.3 Å². The highest BCUT2D eigenvalue weighted by Gasteiger charge is 2.34. The number of hydrogen-bond acceptors (Lipinski definition) is 8. The van der Waals surface area contributed by atoms with Crippen LogP contribution in [0.2, 0.25) is 0 Å². The number of amides is 2. The number of carbonyl (C=O) groups is 3. The third-order valence-electron chi connectivity index (χ3n) is 8.71. The molecule has 0 unspecified atom stereocenters. The number of sulfone groups is 1. The third kappa shape index (κ3) is 5.64. The van der Waals surface area contributed by atoms with Gasteiger partial charge in [0.05, 0.1) is 47.6 Å². The Kier molecular flexibility index (Phi) is 7.83. The summed E-state index contributed by atoms with van der Waals surface area (Å²) in [7, 11) is -0.0905. The van der Waals surface area contributed by atoms with Gasteiger partial charge in [-0.25, -0.2) is 27.8 Å². The fraction of sp³-hybridized carbons (Fsp3) is 0.312. The van der Waals surface area contributed by atoms with Gasteiger partial charge in [0.15, 0.2) is 0 Å². The molecule has 2 amide bonds. The topological polar surface area (TPSA) is 153 Å². The predicted molar refractivity (Wildman–Crippen MR) is 169 cm³/mol. The van der Waals surface area contributed by atoms with Crippen molar-refractivity contribution >= 4 is 50.2 Å². The Labute approximate surface area is 260 Å². The quantitative estimate of drug-likeness (QED) is 0.284. The lowest BCUT2D eigenvalue weighted by molar-refractivity contribution is 0.0603. The molecule has 4 aromatic rings. The van der Waals surface area contributed by atoms with Crippen LogP contribution in [0.5, 0.6) is 0 Å². The highest BCUT2D eigenvalue weighted by molar-refractivity contribution is 7.91. The third-order valence-corrected chi connectivity index (χ3v) is 10.4. The zero-order chi connectivity index (χ0) is 32.0. The molecule has 2 aliphatic heterocycles. The molecular weight excluding hydrogens is 598 g/mol. The van der Waals surface area contributed by atoms with E-state index in [1.165, 1.54) is 35.3 Å². The summed E-state index contributed by atoms with van der Waals surface area (Å²) in [6.45, 7) is 2.23. The van der Waals surface area contributed by atoms with Crippen molar-refractivity contribution in [3.05, 3.63) is 77.0 Å². The number of esters is 1. The van der Waals surface area contributed by atoms with Crippen molar-refractivity contribution in [1.82, 2.24) is 14.9 Å². The largest absolute Gasteiger partial charge is 0.478 e. The molecule has 0 radical (unpaired) electrons. The number of benzene rings is 2. The van der Waals surface area contributed by atoms with Crippen LogP contribution in [0.25, 0.3) is 22.3 Å². The van der Waals surface area contributed by atoms with E-state index in [1.807, 2.05) is 24.3 Å². The molecule has 0 saturated carbocycles. The van der Waals surface area contributed by atoms with E-state index in [4.69, 9.17) is 4.74 Å². The number of rotatable bonds is 7. The molecule has 13 heteroatoms. The van der Waals surface area contributed by atoms with Crippen molar-refractivity contribution in [1.29, 1.82) is 0 Å². The molecule has 0 aliphatic carbocycles. The van der Waals surface area contributed by atoms with Crippen molar-refractivity contribution in [2.45, 2.75) is 31.2 Å². The Morgan fingerprint density at radius 1 is 1.07 bits per heavy atom. The van der Waals surface area contributed by atoms with Crippen LogP contribution in [0.1, 0.15) is 44.7 Å². The van der Waals surface area contributed by atoms with E-state index < -0.39 is 21.8 Å². The lowest BCUT2D eigenvalue weighted by Gasteiger charge is -2.35. The summed E-state index contributed by atoms with van der Waals surface area (Å²) < 4.78 is 29.0. The van der Waals surface area contributed by atoms with E-state index in [9.17, 15) is 27.9 Å². The van der Waals surface area contributed by atoms with Gasteiger partial charge in [-0.1, -0.05) is 24.3 Å². The molecule has 0 bridgehead atoms. The number of H-pyrrole nitrogens is 1. The Balaban J connectivity index is 1.34. The van der Waals surface area contributed by atoms with Gasteiger partial charge in [-0.3, -0.25) is 14.7 Å². The SMILES string of the molecule is COC(=O)c1c(-c2ccc(CN3CCC(S(C)(=O)=O)CC3)cc2)[nH]c2ncc3c(c12)CN(c1ccc(C(=O)O)cc1)C(=O)N3C. The lowest BCUT2D eigenvalue weighted by Crippen LogP contribution is -2.45. The van der Waals surface area contributed by atoms with E-state index in [0.29, 0.717) is 71.7 Å². The Hall–Kier alpha value is -4.75. The first kappa shape index (κ1) is 30.3. The monoisotopic (exact) mass is 631 g/mol. The number of ether oxygens (including phenoxy) is 1. The first-order valence-electron chi connectivity index (χ1n) is 14.5. The van der Waals surface area contributed by atoms with E-state index >= 15 is 0 Å². The molecule has 0 spiro atoms. The van der Waals surface area contributed by atoms with Crippen molar-refractivity contribution in [2.75, 3.05) is 43.3 Å². The number of pyridine rings is 1. The molecule has 0 atom stereocenters. The highest BCUT2D eigenvalue weighted by Crippen LogP contribution is 2.40. The number of piperidine rings is 1. The maximum Gasteiger partial charge on any atom is 0.340 e. The second-order valence-corrected chi connectivity index (χ2v) is 13.8. The number of aromatic nitrogens is 2.